The molecule has 2 rings (SSSR count). The van der Waals surface area contributed by atoms with E-state index in [0.29, 0.717) is 37.4 Å². The molecule has 2 amide bonds. The van der Waals surface area contributed by atoms with Gasteiger partial charge in [0, 0.05) is 26.1 Å². The average Bonchev–Trinajstić information content (AvgIpc) is 2.85. The molecule has 0 bridgehead atoms. The van der Waals surface area contributed by atoms with Gasteiger partial charge in [0.1, 0.15) is 11.8 Å². The number of rotatable bonds is 14. The van der Waals surface area contributed by atoms with Gasteiger partial charge in [0.25, 0.3) is 0 Å². The van der Waals surface area contributed by atoms with Crippen molar-refractivity contribution in [3.05, 3.63) is 60.2 Å². The highest BCUT2D eigenvalue weighted by Crippen LogP contribution is 2.22. The van der Waals surface area contributed by atoms with Gasteiger partial charge in [-0.05, 0) is 49.1 Å². The number of ether oxygens (including phenoxy) is 1. The van der Waals surface area contributed by atoms with Crippen LogP contribution >= 0.6 is 0 Å². The molecule has 0 spiro atoms. The molecule has 0 aliphatic carbocycles. The third-order valence-electron chi connectivity index (χ3n) is 5.64. The van der Waals surface area contributed by atoms with Crippen LogP contribution in [0.1, 0.15) is 45.1 Å². The second-order valence-corrected chi connectivity index (χ2v) is 10.3. The third-order valence-corrected chi connectivity index (χ3v) is 6.84. The minimum absolute atomic E-state index is 0.118. The molecule has 0 fully saturated rings. The van der Waals surface area contributed by atoms with Gasteiger partial charge in [-0.15, -0.1) is 0 Å². The highest BCUT2D eigenvalue weighted by molar-refractivity contribution is 7.92. The number of nitrogens with zero attached hydrogens (tertiary/aromatic N) is 2. The van der Waals surface area contributed by atoms with Gasteiger partial charge in [-0.2, -0.15) is 0 Å². The lowest BCUT2D eigenvalue weighted by Gasteiger charge is -2.31. The number of nitrogens with one attached hydrogen (secondary N) is 1. The van der Waals surface area contributed by atoms with Gasteiger partial charge in [-0.3, -0.25) is 13.9 Å². The molecule has 35 heavy (non-hydrogen) atoms. The Labute approximate surface area is 209 Å². The van der Waals surface area contributed by atoms with Crippen LogP contribution in [0.2, 0.25) is 0 Å². The number of sulfonamides is 1. The standard InChI is InChI=1S/C26H37N3O5S/c1-5-18-27-26(31)24(6-2)28(20-21-11-8-7-9-12-21)25(30)13-10-19-29(35(4,32)33)22-14-16-23(34-3)17-15-22/h7-9,11-12,14-17,24H,5-6,10,13,18-20H2,1-4H3,(H,27,31)/t24-/m1/s1. The number of methoxy groups -OCH3 is 1. The normalized spacial score (nSPS) is 12.0. The number of anilines is 1. The van der Waals surface area contributed by atoms with Gasteiger partial charge in [-0.25, -0.2) is 8.42 Å². The summed E-state index contributed by atoms with van der Waals surface area (Å²) >= 11 is 0. The predicted octanol–water partition coefficient (Wildman–Crippen LogP) is 3.58. The molecule has 2 aromatic rings. The zero-order chi connectivity index (χ0) is 25.8. The first-order chi connectivity index (χ1) is 16.7. The van der Waals surface area contributed by atoms with Crippen molar-refractivity contribution in [1.82, 2.24) is 10.2 Å². The van der Waals surface area contributed by atoms with Crippen LogP contribution in [-0.2, 0) is 26.2 Å². The van der Waals surface area contributed by atoms with Crippen molar-refractivity contribution in [2.24, 2.45) is 0 Å². The molecule has 0 heterocycles. The van der Waals surface area contributed by atoms with Crippen molar-refractivity contribution >= 4 is 27.5 Å². The molecular formula is C26H37N3O5S. The third kappa shape index (κ3) is 8.58. The van der Waals surface area contributed by atoms with Crippen molar-refractivity contribution in [3.8, 4) is 5.75 Å². The van der Waals surface area contributed by atoms with E-state index in [9.17, 15) is 18.0 Å². The first-order valence-electron chi connectivity index (χ1n) is 11.9. The molecule has 8 nitrogen and oxygen atoms in total. The maximum Gasteiger partial charge on any atom is 0.242 e. The average molecular weight is 504 g/mol. The number of amides is 2. The molecular weight excluding hydrogens is 466 g/mol. The van der Waals surface area contributed by atoms with E-state index >= 15 is 0 Å². The predicted molar refractivity (Wildman–Crippen MR) is 139 cm³/mol. The van der Waals surface area contributed by atoms with Crippen LogP contribution in [-0.4, -0.2) is 57.6 Å². The Bertz CT molecular complexity index is 1040. The molecule has 192 valence electrons. The molecule has 1 atom stereocenters. The molecule has 0 aromatic heterocycles. The van der Waals surface area contributed by atoms with Crippen molar-refractivity contribution in [3.63, 3.8) is 0 Å². The molecule has 0 radical (unpaired) electrons. The molecule has 1 N–H and O–H groups in total. The Morgan fingerprint density at radius 2 is 1.69 bits per heavy atom. The van der Waals surface area contributed by atoms with Gasteiger partial charge in [0.15, 0.2) is 0 Å². The lowest BCUT2D eigenvalue weighted by molar-refractivity contribution is -0.141. The zero-order valence-corrected chi connectivity index (χ0v) is 21.9. The SMILES string of the molecule is CCCNC(=O)[C@@H](CC)N(Cc1ccccc1)C(=O)CCCN(c1ccc(OC)cc1)S(C)(=O)=O. The first-order valence-corrected chi connectivity index (χ1v) is 13.8. The molecule has 0 saturated carbocycles. The van der Waals surface area contributed by atoms with Gasteiger partial charge in [-0.1, -0.05) is 44.2 Å². The highest BCUT2D eigenvalue weighted by atomic mass is 32.2. The zero-order valence-electron chi connectivity index (χ0n) is 21.1. The van der Waals surface area contributed by atoms with E-state index in [0.717, 1.165) is 18.2 Å². The van der Waals surface area contributed by atoms with Crippen molar-refractivity contribution in [2.75, 3.05) is 30.8 Å². The topological polar surface area (TPSA) is 96.0 Å². The van der Waals surface area contributed by atoms with E-state index in [-0.39, 0.29) is 24.8 Å². The summed E-state index contributed by atoms with van der Waals surface area (Å²) in [5, 5.41) is 2.90. The Morgan fingerprint density at radius 1 is 1.03 bits per heavy atom. The number of carbonyl (C=O) groups is 2. The molecule has 0 saturated heterocycles. The van der Waals surface area contributed by atoms with Gasteiger partial charge in [0.05, 0.1) is 19.1 Å². The summed E-state index contributed by atoms with van der Waals surface area (Å²) in [5.74, 6) is 0.269. The number of carbonyl (C=O) groups excluding carboxylic acids is 2. The van der Waals surface area contributed by atoms with Gasteiger partial charge in [0.2, 0.25) is 21.8 Å². The van der Waals surface area contributed by atoms with Crippen LogP contribution < -0.4 is 14.4 Å². The summed E-state index contributed by atoms with van der Waals surface area (Å²) in [4.78, 5) is 27.8. The summed E-state index contributed by atoms with van der Waals surface area (Å²) in [5.41, 5.74) is 1.44. The maximum atomic E-state index is 13.3. The van der Waals surface area contributed by atoms with Crippen molar-refractivity contribution in [1.29, 1.82) is 0 Å². The fourth-order valence-corrected chi connectivity index (χ4v) is 4.78. The van der Waals surface area contributed by atoms with Crippen LogP contribution in [0.25, 0.3) is 0 Å². The Morgan fingerprint density at radius 3 is 2.23 bits per heavy atom. The smallest absolute Gasteiger partial charge is 0.242 e. The summed E-state index contributed by atoms with van der Waals surface area (Å²) < 4.78 is 31.3. The number of hydrogen-bond donors (Lipinski definition) is 1. The second-order valence-electron chi connectivity index (χ2n) is 8.36. The lowest BCUT2D eigenvalue weighted by Crippen LogP contribution is -2.49. The van der Waals surface area contributed by atoms with E-state index in [1.54, 1.807) is 36.3 Å². The van der Waals surface area contributed by atoms with Crippen LogP contribution in [0.4, 0.5) is 5.69 Å². The fourth-order valence-electron chi connectivity index (χ4n) is 3.82. The first kappa shape index (κ1) is 28.2. The fraction of sp³-hybridized carbons (Fsp3) is 0.462. The minimum Gasteiger partial charge on any atom is -0.497 e. The van der Waals surface area contributed by atoms with E-state index in [4.69, 9.17) is 4.74 Å². The monoisotopic (exact) mass is 503 g/mol. The molecule has 0 unspecified atom stereocenters. The molecule has 2 aromatic carbocycles. The van der Waals surface area contributed by atoms with Crippen LogP contribution in [0.3, 0.4) is 0 Å². The summed E-state index contributed by atoms with van der Waals surface area (Å²) in [7, 11) is -2.00. The van der Waals surface area contributed by atoms with Gasteiger partial charge >= 0.3 is 0 Å². The number of hydrogen-bond acceptors (Lipinski definition) is 5. The summed E-state index contributed by atoms with van der Waals surface area (Å²) in [6, 6.07) is 15.7. The van der Waals surface area contributed by atoms with Crippen LogP contribution in [0, 0.1) is 0 Å². The summed E-state index contributed by atoms with van der Waals surface area (Å²) in [6.45, 7) is 4.87. The van der Waals surface area contributed by atoms with Crippen LogP contribution in [0.15, 0.2) is 54.6 Å². The Kier molecular flexibility index (Phi) is 11.0. The van der Waals surface area contributed by atoms with Crippen molar-refractivity contribution < 1.29 is 22.7 Å². The molecule has 9 heteroatoms. The number of benzene rings is 2. The molecule has 0 aliphatic heterocycles. The van der Waals surface area contributed by atoms with Crippen molar-refractivity contribution in [2.45, 2.75) is 52.1 Å². The van der Waals surface area contributed by atoms with E-state index in [1.807, 2.05) is 44.2 Å². The largest absolute Gasteiger partial charge is 0.497 e. The second kappa shape index (κ2) is 13.7. The minimum atomic E-state index is -3.55. The maximum absolute atomic E-state index is 13.3. The Hall–Kier alpha value is -3.07. The Balaban J connectivity index is 2.16. The van der Waals surface area contributed by atoms with E-state index in [1.165, 1.54) is 4.31 Å². The molecule has 0 aliphatic rings. The summed E-state index contributed by atoms with van der Waals surface area (Å²) in [6.07, 6.45) is 2.87. The lowest BCUT2D eigenvalue weighted by atomic mass is 10.1. The van der Waals surface area contributed by atoms with E-state index < -0.39 is 16.1 Å². The van der Waals surface area contributed by atoms with Gasteiger partial charge < -0.3 is 15.0 Å². The van der Waals surface area contributed by atoms with E-state index in [2.05, 4.69) is 5.32 Å². The highest BCUT2D eigenvalue weighted by Gasteiger charge is 2.28. The quantitative estimate of drug-likeness (QED) is 0.425. The van der Waals surface area contributed by atoms with Crippen LogP contribution in [0.5, 0.6) is 5.75 Å².